The first-order valence-corrected chi connectivity index (χ1v) is 5.66. The molecule has 0 amide bonds. The highest BCUT2D eigenvalue weighted by Crippen LogP contribution is 2.14. The molecule has 0 aliphatic carbocycles. The molecule has 0 aliphatic rings. The van der Waals surface area contributed by atoms with Crippen LogP contribution in [0.2, 0.25) is 0 Å². The topological polar surface area (TPSA) is 21.3 Å². The second kappa shape index (κ2) is 7.90. The third-order valence-electron chi connectivity index (χ3n) is 2.07. The van der Waals surface area contributed by atoms with Crippen LogP contribution in [0.25, 0.3) is 0 Å². The van der Waals surface area contributed by atoms with E-state index in [2.05, 4.69) is 23.9 Å². The van der Waals surface area contributed by atoms with E-state index in [1.54, 1.807) is 0 Å². The van der Waals surface area contributed by atoms with E-state index in [0.717, 1.165) is 13.1 Å². The second-order valence-electron chi connectivity index (χ2n) is 4.61. The number of ether oxygens (including phenoxy) is 1. The first-order valence-electron chi connectivity index (χ1n) is 5.66. The Morgan fingerprint density at radius 3 is 2.25 bits per heavy atom. The Morgan fingerprint density at radius 1 is 1.12 bits per heavy atom. The van der Waals surface area contributed by atoms with E-state index in [4.69, 9.17) is 0 Å². The van der Waals surface area contributed by atoms with Crippen molar-refractivity contribution in [1.82, 2.24) is 5.32 Å². The molecule has 0 bridgehead atoms. The highest BCUT2D eigenvalue weighted by Gasteiger charge is 2.27. The number of halogens is 3. The van der Waals surface area contributed by atoms with Gasteiger partial charge in [-0.3, -0.25) is 0 Å². The van der Waals surface area contributed by atoms with Crippen LogP contribution in [-0.2, 0) is 4.74 Å². The lowest BCUT2D eigenvalue weighted by atomic mass is 10.1. The number of nitrogens with one attached hydrogen (secondary N) is 1. The van der Waals surface area contributed by atoms with Crippen LogP contribution in [0, 0.1) is 11.8 Å². The van der Waals surface area contributed by atoms with Gasteiger partial charge in [0.2, 0.25) is 0 Å². The van der Waals surface area contributed by atoms with E-state index >= 15 is 0 Å². The van der Waals surface area contributed by atoms with Crippen LogP contribution in [0.4, 0.5) is 13.2 Å². The first-order chi connectivity index (χ1) is 7.31. The molecule has 0 fully saturated rings. The third-order valence-corrected chi connectivity index (χ3v) is 2.07. The molecule has 0 aromatic heterocycles. The lowest BCUT2D eigenvalue weighted by molar-refractivity contribution is -0.174. The smallest absolute Gasteiger partial charge is 0.372 e. The normalized spacial score (nSPS) is 14.4. The summed E-state index contributed by atoms with van der Waals surface area (Å²) < 4.78 is 39.7. The van der Waals surface area contributed by atoms with Crippen LogP contribution in [0.3, 0.4) is 0 Å². The minimum Gasteiger partial charge on any atom is -0.372 e. The average molecular weight is 241 g/mol. The fraction of sp³-hybridized carbons (Fsp3) is 1.00. The maximum atomic E-state index is 11.7. The molecule has 5 heteroatoms. The predicted octanol–water partition coefficient (Wildman–Crippen LogP) is 2.84. The van der Waals surface area contributed by atoms with Crippen molar-refractivity contribution < 1.29 is 17.9 Å². The van der Waals surface area contributed by atoms with Crippen molar-refractivity contribution >= 4 is 0 Å². The number of hydrogen-bond acceptors (Lipinski definition) is 2. The van der Waals surface area contributed by atoms with Gasteiger partial charge in [-0.2, -0.15) is 13.2 Å². The molecule has 0 saturated heterocycles. The zero-order valence-corrected chi connectivity index (χ0v) is 10.2. The van der Waals surface area contributed by atoms with Gasteiger partial charge in [-0.1, -0.05) is 20.8 Å². The van der Waals surface area contributed by atoms with Gasteiger partial charge in [0, 0.05) is 6.61 Å². The molecule has 98 valence electrons. The van der Waals surface area contributed by atoms with Gasteiger partial charge in [-0.15, -0.1) is 0 Å². The molecule has 0 aromatic rings. The standard InChI is InChI=1S/C11H22F3NO/c1-9(2)6-15-7-10(3)4-5-16-8-11(12,13)14/h9-10,15H,4-8H2,1-3H3. The van der Waals surface area contributed by atoms with Crippen LogP contribution < -0.4 is 5.32 Å². The summed E-state index contributed by atoms with van der Waals surface area (Å²) in [7, 11) is 0. The van der Waals surface area contributed by atoms with Gasteiger partial charge in [0.15, 0.2) is 0 Å². The molecule has 0 saturated carbocycles. The Hall–Kier alpha value is -0.290. The molecule has 0 aromatic carbocycles. The summed E-state index contributed by atoms with van der Waals surface area (Å²) in [5, 5.41) is 3.26. The van der Waals surface area contributed by atoms with Crippen LogP contribution >= 0.6 is 0 Å². The maximum absolute atomic E-state index is 11.7. The van der Waals surface area contributed by atoms with Crippen molar-refractivity contribution in [2.45, 2.75) is 33.4 Å². The molecule has 1 unspecified atom stereocenters. The van der Waals surface area contributed by atoms with Gasteiger partial charge in [-0.05, 0) is 31.3 Å². The van der Waals surface area contributed by atoms with Crippen molar-refractivity contribution in [2.24, 2.45) is 11.8 Å². The molecule has 2 nitrogen and oxygen atoms in total. The molecule has 1 atom stereocenters. The van der Waals surface area contributed by atoms with Crippen LogP contribution in [-0.4, -0.2) is 32.5 Å². The van der Waals surface area contributed by atoms with E-state index in [1.165, 1.54) is 0 Å². The van der Waals surface area contributed by atoms with E-state index in [1.807, 2.05) is 6.92 Å². The molecular weight excluding hydrogens is 219 g/mol. The molecule has 0 aliphatic heterocycles. The van der Waals surface area contributed by atoms with Gasteiger partial charge < -0.3 is 10.1 Å². The van der Waals surface area contributed by atoms with E-state index in [9.17, 15) is 13.2 Å². The Bertz CT molecular complexity index is 171. The number of rotatable bonds is 8. The Balaban J connectivity index is 3.34. The molecule has 0 radical (unpaired) electrons. The summed E-state index contributed by atoms with van der Waals surface area (Å²) in [4.78, 5) is 0. The lowest BCUT2D eigenvalue weighted by Gasteiger charge is -2.14. The fourth-order valence-corrected chi connectivity index (χ4v) is 1.19. The summed E-state index contributed by atoms with van der Waals surface area (Å²) in [6, 6.07) is 0. The summed E-state index contributed by atoms with van der Waals surface area (Å²) in [5.41, 5.74) is 0. The van der Waals surface area contributed by atoms with Gasteiger partial charge in [-0.25, -0.2) is 0 Å². The lowest BCUT2D eigenvalue weighted by Crippen LogP contribution is -2.26. The van der Waals surface area contributed by atoms with Gasteiger partial charge in [0.25, 0.3) is 0 Å². The summed E-state index contributed by atoms with van der Waals surface area (Å²) in [5.74, 6) is 0.931. The van der Waals surface area contributed by atoms with Crippen molar-refractivity contribution in [3.63, 3.8) is 0 Å². The third kappa shape index (κ3) is 11.8. The van der Waals surface area contributed by atoms with Gasteiger partial charge in [0.05, 0.1) is 0 Å². The quantitative estimate of drug-likeness (QED) is 0.660. The second-order valence-corrected chi connectivity index (χ2v) is 4.61. The Kier molecular flexibility index (Phi) is 7.76. The first kappa shape index (κ1) is 15.7. The molecule has 0 spiro atoms. The van der Waals surface area contributed by atoms with E-state index in [0.29, 0.717) is 18.3 Å². The number of alkyl halides is 3. The number of hydrogen-bond donors (Lipinski definition) is 1. The SMILES string of the molecule is CC(C)CNCC(C)CCOCC(F)(F)F. The largest absolute Gasteiger partial charge is 0.411 e. The fourth-order valence-electron chi connectivity index (χ4n) is 1.19. The molecule has 0 heterocycles. The van der Waals surface area contributed by atoms with Crippen molar-refractivity contribution in [2.75, 3.05) is 26.3 Å². The minimum absolute atomic E-state index is 0.171. The average Bonchev–Trinajstić information content (AvgIpc) is 2.10. The Labute approximate surface area is 95.5 Å². The zero-order valence-electron chi connectivity index (χ0n) is 10.2. The van der Waals surface area contributed by atoms with E-state index in [-0.39, 0.29) is 6.61 Å². The van der Waals surface area contributed by atoms with Crippen LogP contribution in [0.1, 0.15) is 27.2 Å². The highest BCUT2D eigenvalue weighted by atomic mass is 19.4. The Morgan fingerprint density at radius 2 is 1.75 bits per heavy atom. The zero-order chi connectivity index (χ0) is 12.6. The molecular formula is C11H22F3NO. The molecule has 16 heavy (non-hydrogen) atoms. The monoisotopic (exact) mass is 241 g/mol. The van der Waals surface area contributed by atoms with Crippen LogP contribution in [0.15, 0.2) is 0 Å². The molecule has 1 N–H and O–H groups in total. The van der Waals surface area contributed by atoms with Crippen molar-refractivity contribution in [1.29, 1.82) is 0 Å². The summed E-state index contributed by atoms with van der Waals surface area (Å²) >= 11 is 0. The predicted molar refractivity (Wildman–Crippen MR) is 58.4 cm³/mol. The van der Waals surface area contributed by atoms with Crippen molar-refractivity contribution in [3.8, 4) is 0 Å². The van der Waals surface area contributed by atoms with E-state index < -0.39 is 12.8 Å². The van der Waals surface area contributed by atoms with Crippen molar-refractivity contribution in [3.05, 3.63) is 0 Å². The highest BCUT2D eigenvalue weighted by molar-refractivity contribution is 4.58. The van der Waals surface area contributed by atoms with Gasteiger partial charge in [0.1, 0.15) is 6.61 Å². The van der Waals surface area contributed by atoms with Gasteiger partial charge >= 0.3 is 6.18 Å². The maximum Gasteiger partial charge on any atom is 0.411 e. The summed E-state index contributed by atoms with van der Waals surface area (Å²) in [6.07, 6.45) is -3.56. The molecule has 0 rings (SSSR count). The minimum atomic E-state index is -4.21. The summed E-state index contributed by atoms with van der Waals surface area (Å²) in [6.45, 7) is 7.03. The van der Waals surface area contributed by atoms with Crippen LogP contribution in [0.5, 0.6) is 0 Å².